The molecule has 0 saturated carbocycles. The quantitative estimate of drug-likeness (QED) is 0.906. The summed E-state index contributed by atoms with van der Waals surface area (Å²) in [5, 5.41) is 11.7. The molecule has 2 aromatic rings. The summed E-state index contributed by atoms with van der Waals surface area (Å²) in [6.45, 7) is 0. The van der Waals surface area contributed by atoms with E-state index in [1.807, 2.05) is 0 Å². The van der Waals surface area contributed by atoms with Crippen molar-refractivity contribution in [1.82, 2.24) is 4.98 Å². The van der Waals surface area contributed by atoms with Crippen LogP contribution >= 0.6 is 11.6 Å². The number of nitrogens with one attached hydrogen (secondary N) is 1. The number of rotatable bonds is 4. The zero-order chi connectivity index (χ0) is 15.4. The molecule has 0 spiro atoms. The lowest BCUT2D eigenvalue weighted by molar-refractivity contribution is 0.0690. The minimum atomic E-state index is -1.13. The van der Waals surface area contributed by atoms with E-state index < -0.39 is 11.9 Å². The Labute approximate surface area is 125 Å². The van der Waals surface area contributed by atoms with Gasteiger partial charge in [0, 0.05) is 5.02 Å². The van der Waals surface area contributed by atoms with Crippen molar-refractivity contribution in [2.75, 3.05) is 12.4 Å². The number of carbonyl (C=O) groups excluding carboxylic acids is 1. The Bertz CT molecular complexity index is 686. The molecule has 0 atom stereocenters. The third-order valence-corrected chi connectivity index (χ3v) is 2.88. The monoisotopic (exact) mass is 306 g/mol. The van der Waals surface area contributed by atoms with E-state index in [-0.39, 0.29) is 11.3 Å². The Morgan fingerprint density at radius 1 is 1.29 bits per heavy atom. The molecule has 1 aromatic carbocycles. The second-order valence-electron chi connectivity index (χ2n) is 4.04. The van der Waals surface area contributed by atoms with Crippen LogP contribution < -0.4 is 10.1 Å². The lowest BCUT2D eigenvalue weighted by Crippen LogP contribution is -2.13. The first-order chi connectivity index (χ1) is 10.0. The van der Waals surface area contributed by atoms with Crippen LogP contribution in [0.25, 0.3) is 0 Å². The topological polar surface area (TPSA) is 88.5 Å². The van der Waals surface area contributed by atoms with Crippen LogP contribution in [0.5, 0.6) is 5.75 Å². The van der Waals surface area contributed by atoms with Crippen LogP contribution in [0.4, 0.5) is 5.69 Å². The van der Waals surface area contributed by atoms with E-state index in [1.165, 1.54) is 31.5 Å². The second-order valence-corrected chi connectivity index (χ2v) is 4.47. The number of carboxylic acids is 1. The molecular formula is C14H11ClN2O4. The number of carbonyl (C=O) groups is 2. The number of anilines is 1. The molecule has 108 valence electrons. The van der Waals surface area contributed by atoms with Gasteiger partial charge in [-0.2, -0.15) is 0 Å². The number of aromatic nitrogens is 1. The highest BCUT2D eigenvalue weighted by molar-refractivity contribution is 6.31. The van der Waals surface area contributed by atoms with Gasteiger partial charge in [-0.3, -0.25) is 4.79 Å². The first kappa shape index (κ1) is 14.8. The van der Waals surface area contributed by atoms with Crippen molar-refractivity contribution in [2.24, 2.45) is 0 Å². The molecule has 0 saturated heterocycles. The standard InChI is InChI=1S/C14H11ClN2O4/c1-21-12-5-2-8(15)6-10(12)13(18)17-9-3-4-11(14(19)20)16-7-9/h2-7H,1H3,(H,17,18)(H,19,20). The molecule has 0 bridgehead atoms. The molecule has 1 aromatic heterocycles. The molecule has 1 heterocycles. The van der Waals surface area contributed by atoms with Gasteiger partial charge in [0.25, 0.3) is 5.91 Å². The summed E-state index contributed by atoms with van der Waals surface area (Å²) >= 11 is 5.86. The van der Waals surface area contributed by atoms with Gasteiger partial charge < -0.3 is 15.2 Å². The van der Waals surface area contributed by atoms with Gasteiger partial charge in [0.2, 0.25) is 0 Å². The lowest BCUT2D eigenvalue weighted by Gasteiger charge is -2.09. The highest BCUT2D eigenvalue weighted by Crippen LogP contribution is 2.23. The van der Waals surface area contributed by atoms with Crippen LogP contribution in [0.3, 0.4) is 0 Å². The normalized spacial score (nSPS) is 10.0. The molecule has 2 rings (SSSR count). The zero-order valence-electron chi connectivity index (χ0n) is 11.0. The number of amides is 1. The van der Waals surface area contributed by atoms with E-state index in [4.69, 9.17) is 21.4 Å². The molecule has 0 radical (unpaired) electrons. The summed E-state index contributed by atoms with van der Waals surface area (Å²) < 4.78 is 5.10. The zero-order valence-corrected chi connectivity index (χ0v) is 11.7. The summed E-state index contributed by atoms with van der Waals surface area (Å²) in [6.07, 6.45) is 1.26. The summed E-state index contributed by atoms with van der Waals surface area (Å²) in [7, 11) is 1.45. The van der Waals surface area contributed by atoms with Gasteiger partial charge in [-0.25, -0.2) is 9.78 Å². The summed E-state index contributed by atoms with van der Waals surface area (Å²) in [4.78, 5) is 26.6. The predicted octanol–water partition coefficient (Wildman–Crippen LogP) is 2.69. The number of hydrogen-bond acceptors (Lipinski definition) is 4. The molecule has 0 unspecified atom stereocenters. The molecule has 21 heavy (non-hydrogen) atoms. The van der Waals surface area contributed by atoms with Gasteiger partial charge in [-0.1, -0.05) is 11.6 Å². The first-order valence-electron chi connectivity index (χ1n) is 5.85. The Morgan fingerprint density at radius 2 is 2.05 bits per heavy atom. The SMILES string of the molecule is COc1ccc(Cl)cc1C(=O)Nc1ccc(C(=O)O)nc1. The van der Waals surface area contributed by atoms with Crippen LogP contribution in [-0.2, 0) is 0 Å². The second kappa shape index (κ2) is 6.23. The number of nitrogens with zero attached hydrogens (tertiary/aromatic N) is 1. The lowest BCUT2D eigenvalue weighted by atomic mass is 10.2. The largest absolute Gasteiger partial charge is 0.496 e. The highest BCUT2D eigenvalue weighted by Gasteiger charge is 2.13. The maximum absolute atomic E-state index is 12.2. The van der Waals surface area contributed by atoms with Crippen molar-refractivity contribution in [1.29, 1.82) is 0 Å². The van der Waals surface area contributed by atoms with Crippen molar-refractivity contribution in [3.8, 4) is 5.75 Å². The average molecular weight is 307 g/mol. The van der Waals surface area contributed by atoms with Crippen molar-refractivity contribution in [3.05, 3.63) is 52.8 Å². The van der Waals surface area contributed by atoms with Crippen LogP contribution in [0.2, 0.25) is 5.02 Å². The molecule has 7 heteroatoms. The van der Waals surface area contributed by atoms with Gasteiger partial charge >= 0.3 is 5.97 Å². The van der Waals surface area contributed by atoms with Crippen molar-refractivity contribution >= 4 is 29.2 Å². The minimum absolute atomic E-state index is 0.103. The van der Waals surface area contributed by atoms with E-state index in [0.717, 1.165) is 0 Å². The van der Waals surface area contributed by atoms with E-state index in [1.54, 1.807) is 12.1 Å². The number of ether oxygens (including phenoxy) is 1. The fourth-order valence-corrected chi connectivity index (χ4v) is 1.82. The predicted molar refractivity (Wildman–Crippen MR) is 77.2 cm³/mol. The van der Waals surface area contributed by atoms with Crippen molar-refractivity contribution in [3.63, 3.8) is 0 Å². The van der Waals surface area contributed by atoms with Crippen LogP contribution in [-0.4, -0.2) is 29.1 Å². The highest BCUT2D eigenvalue weighted by atomic mass is 35.5. The van der Waals surface area contributed by atoms with Crippen molar-refractivity contribution < 1.29 is 19.4 Å². The Hall–Kier alpha value is -2.60. The number of halogens is 1. The maximum atomic E-state index is 12.2. The third kappa shape index (κ3) is 3.49. The number of methoxy groups -OCH3 is 1. The Morgan fingerprint density at radius 3 is 2.62 bits per heavy atom. The van der Waals surface area contributed by atoms with Gasteiger partial charge in [-0.15, -0.1) is 0 Å². The fraction of sp³-hybridized carbons (Fsp3) is 0.0714. The van der Waals surface area contributed by atoms with Gasteiger partial charge in [0.05, 0.1) is 24.6 Å². The molecule has 0 aliphatic carbocycles. The Kier molecular flexibility index (Phi) is 4.39. The maximum Gasteiger partial charge on any atom is 0.354 e. The molecule has 6 nitrogen and oxygen atoms in total. The number of carboxylic acid groups (broad SMARTS) is 1. The molecule has 0 aliphatic heterocycles. The summed E-state index contributed by atoms with van der Waals surface area (Å²) in [5.41, 5.74) is 0.535. The first-order valence-corrected chi connectivity index (χ1v) is 6.23. The number of pyridine rings is 1. The van der Waals surface area contributed by atoms with Gasteiger partial charge in [0.15, 0.2) is 0 Å². The molecular weight excluding hydrogens is 296 g/mol. The number of benzene rings is 1. The van der Waals surface area contributed by atoms with E-state index >= 15 is 0 Å². The van der Waals surface area contributed by atoms with E-state index in [0.29, 0.717) is 16.5 Å². The van der Waals surface area contributed by atoms with Gasteiger partial charge in [0.1, 0.15) is 11.4 Å². The third-order valence-electron chi connectivity index (χ3n) is 2.65. The number of hydrogen-bond donors (Lipinski definition) is 2. The summed E-state index contributed by atoms with van der Waals surface area (Å²) in [5.74, 6) is -1.18. The van der Waals surface area contributed by atoms with E-state index in [2.05, 4.69) is 10.3 Å². The molecule has 1 amide bonds. The smallest absolute Gasteiger partial charge is 0.354 e. The Balaban J connectivity index is 2.21. The molecule has 0 aliphatic rings. The van der Waals surface area contributed by atoms with Crippen LogP contribution in [0.1, 0.15) is 20.8 Å². The fourth-order valence-electron chi connectivity index (χ4n) is 1.65. The van der Waals surface area contributed by atoms with Gasteiger partial charge in [-0.05, 0) is 30.3 Å². The van der Waals surface area contributed by atoms with Crippen LogP contribution in [0, 0.1) is 0 Å². The average Bonchev–Trinajstić information content (AvgIpc) is 2.47. The van der Waals surface area contributed by atoms with Crippen molar-refractivity contribution in [2.45, 2.75) is 0 Å². The molecule has 0 fully saturated rings. The number of aromatic carboxylic acids is 1. The van der Waals surface area contributed by atoms with Crippen LogP contribution in [0.15, 0.2) is 36.5 Å². The minimum Gasteiger partial charge on any atom is -0.496 e. The molecule has 2 N–H and O–H groups in total. The summed E-state index contributed by atoms with van der Waals surface area (Å²) in [6, 6.07) is 7.43. The van der Waals surface area contributed by atoms with E-state index in [9.17, 15) is 9.59 Å².